The molecule has 2 aromatic rings. The van der Waals surface area contributed by atoms with Gasteiger partial charge in [0, 0.05) is 5.56 Å². The van der Waals surface area contributed by atoms with Crippen LogP contribution in [0.4, 0.5) is 0 Å². The fraction of sp³-hybridized carbons (Fsp3) is 0.105. The maximum Gasteiger partial charge on any atom is 0.337 e. The van der Waals surface area contributed by atoms with E-state index in [1.807, 2.05) is 24.3 Å². The second-order valence-electron chi connectivity index (χ2n) is 4.41. The summed E-state index contributed by atoms with van der Waals surface area (Å²) in [4.78, 5) is 11.4. The maximum atomic E-state index is 11.4. The van der Waals surface area contributed by atoms with Gasteiger partial charge in [-0.15, -0.1) is 0 Å². The van der Waals surface area contributed by atoms with Crippen LogP contribution < -0.4 is 4.74 Å². The van der Waals surface area contributed by atoms with E-state index in [4.69, 9.17) is 4.74 Å². The lowest BCUT2D eigenvalue weighted by atomic mass is 10.1. The highest BCUT2D eigenvalue weighted by Crippen LogP contribution is 2.16. The topological polar surface area (TPSA) is 35.5 Å². The third kappa shape index (κ3) is 4.00. The van der Waals surface area contributed by atoms with Crippen LogP contribution in [0.1, 0.15) is 21.5 Å². The van der Waals surface area contributed by atoms with Crippen molar-refractivity contribution in [2.45, 2.75) is 0 Å². The molecule has 0 atom stereocenters. The second kappa shape index (κ2) is 7.70. The smallest absolute Gasteiger partial charge is 0.337 e. The Balaban J connectivity index is 2.20. The number of hydrogen-bond donors (Lipinski definition) is 0. The zero-order valence-corrected chi connectivity index (χ0v) is 12.3. The van der Waals surface area contributed by atoms with Gasteiger partial charge in [0.15, 0.2) is 0 Å². The van der Waals surface area contributed by atoms with Gasteiger partial charge in [-0.25, -0.2) is 4.79 Å². The molecule has 2 rings (SSSR count). The monoisotopic (exact) mass is 292 g/mol. The lowest BCUT2D eigenvalue weighted by Crippen LogP contribution is -2.00. The Morgan fingerprint density at radius 2 is 1.86 bits per heavy atom. The van der Waals surface area contributed by atoms with Crippen molar-refractivity contribution in [1.82, 2.24) is 0 Å². The molecule has 0 amide bonds. The Kier molecular flexibility index (Phi) is 5.39. The number of benzene rings is 2. The van der Waals surface area contributed by atoms with Crippen LogP contribution in [-0.2, 0) is 4.74 Å². The lowest BCUT2D eigenvalue weighted by molar-refractivity contribution is 0.0600. The average molecular weight is 292 g/mol. The minimum absolute atomic E-state index is 0.359. The molecule has 0 N–H and O–H groups in total. The van der Waals surface area contributed by atoms with Gasteiger partial charge in [0.1, 0.15) is 12.4 Å². The van der Waals surface area contributed by atoms with E-state index in [1.54, 1.807) is 30.3 Å². The largest absolute Gasteiger partial charge is 0.488 e. The van der Waals surface area contributed by atoms with E-state index in [-0.39, 0.29) is 5.97 Å². The normalized spacial score (nSPS) is 9.32. The van der Waals surface area contributed by atoms with Gasteiger partial charge >= 0.3 is 5.97 Å². The van der Waals surface area contributed by atoms with Gasteiger partial charge in [0.05, 0.1) is 18.2 Å². The number of ether oxygens (including phenoxy) is 2. The first-order valence-corrected chi connectivity index (χ1v) is 6.77. The summed E-state index contributed by atoms with van der Waals surface area (Å²) >= 11 is 0. The van der Waals surface area contributed by atoms with Gasteiger partial charge in [0.25, 0.3) is 0 Å². The molecular formula is C19H16O3. The van der Waals surface area contributed by atoms with Gasteiger partial charge in [0.2, 0.25) is 0 Å². The number of carbonyl (C=O) groups is 1. The molecule has 0 aromatic heterocycles. The molecule has 0 aliphatic rings. The van der Waals surface area contributed by atoms with Crippen LogP contribution in [0, 0.1) is 11.8 Å². The SMILES string of the molecule is C=CCOc1ccccc1C#Cc1ccc(C(=O)OC)cc1. The predicted octanol–water partition coefficient (Wildman–Crippen LogP) is 3.44. The van der Waals surface area contributed by atoms with E-state index >= 15 is 0 Å². The molecule has 0 spiro atoms. The molecule has 0 saturated heterocycles. The summed E-state index contributed by atoms with van der Waals surface area (Å²) in [5.41, 5.74) is 2.12. The Morgan fingerprint density at radius 3 is 2.55 bits per heavy atom. The third-order valence-corrected chi connectivity index (χ3v) is 2.89. The number of hydrogen-bond acceptors (Lipinski definition) is 3. The zero-order chi connectivity index (χ0) is 15.8. The van der Waals surface area contributed by atoms with E-state index in [0.717, 1.165) is 16.9 Å². The van der Waals surface area contributed by atoms with Crippen LogP contribution >= 0.6 is 0 Å². The van der Waals surface area contributed by atoms with E-state index in [0.29, 0.717) is 12.2 Å². The van der Waals surface area contributed by atoms with E-state index in [2.05, 4.69) is 23.2 Å². The summed E-state index contributed by atoms with van der Waals surface area (Å²) in [5.74, 6) is 6.49. The molecule has 0 fully saturated rings. The number of methoxy groups -OCH3 is 1. The molecule has 0 radical (unpaired) electrons. The zero-order valence-electron chi connectivity index (χ0n) is 12.3. The summed E-state index contributed by atoms with van der Waals surface area (Å²) in [6, 6.07) is 14.5. The first-order chi connectivity index (χ1) is 10.7. The molecule has 0 saturated carbocycles. The summed E-state index contributed by atoms with van der Waals surface area (Å²) < 4.78 is 10.2. The van der Waals surface area contributed by atoms with Crippen LogP contribution in [0.25, 0.3) is 0 Å². The number of para-hydroxylation sites is 1. The molecule has 3 heteroatoms. The van der Waals surface area contributed by atoms with Crippen LogP contribution in [0.15, 0.2) is 61.2 Å². The molecule has 0 heterocycles. The molecule has 0 aliphatic carbocycles. The van der Waals surface area contributed by atoms with Gasteiger partial charge < -0.3 is 9.47 Å². The first kappa shape index (κ1) is 15.4. The Morgan fingerprint density at radius 1 is 1.14 bits per heavy atom. The molecule has 0 bridgehead atoms. The quantitative estimate of drug-likeness (QED) is 0.492. The second-order valence-corrected chi connectivity index (χ2v) is 4.41. The highest BCUT2D eigenvalue weighted by atomic mass is 16.5. The molecular weight excluding hydrogens is 276 g/mol. The first-order valence-electron chi connectivity index (χ1n) is 6.77. The van der Waals surface area contributed by atoms with E-state index in [9.17, 15) is 4.79 Å². The minimum Gasteiger partial charge on any atom is -0.488 e. The lowest BCUT2D eigenvalue weighted by Gasteiger charge is -2.04. The molecule has 0 aliphatic heterocycles. The Hall–Kier alpha value is -2.99. The highest BCUT2D eigenvalue weighted by Gasteiger charge is 2.03. The van der Waals surface area contributed by atoms with E-state index in [1.165, 1.54) is 7.11 Å². The van der Waals surface area contributed by atoms with E-state index < -0.39 is 0 Å². The van der Waals surface area contributed by atoms with Crippen molar-refractivity contribution >= 4 is 5.97 Å². The van der Waals surface area contributed by atoms with Gasteiger partial charge in [-0.1, -0.05) is 36.6 Å². The summed E-state index contributed by atoms with van der Waals surface area (Å²) in [5, 5.41) is 0. The van der Waals surface area contributed by atoms with Crippen molar-refractivity contribution in [2.75, 3.05) is 13.7 Å². The maximum absolute atomic E-state index is 11.4. The van der Waals surface area contributed by atoms with Crippen molar-refractivity contribution in [2.24, 2.45) is 0 Å². The third-order valence-electron chi connectivity index (χ3n) is 2.89. The molecule has 3 nitrogen and oxygen atoms in total. The number of rotatable bonds is 4. The van der Waals surface area contributed by atoms with Crippen molar-refractivity contribution < 1.29 is 14.3 Å². The van der Waals surface area contributed by atoms with Crippen molar-refractivity contribution in [1.29, 1.82) is 0 Å². The fourth-order valence-corrected chi connectivity index (χ4v) is 1.79. The van der Waals surface area contributed by atoms with Gasteiger partial charge in [-0.2, -0.15) is 0 Å². The van der Waals surface area contributed by atoms with Crippen LogP contribution in [0.3, 0.4) is 0 Å². The highest BCUT2D eigenvalue weighted by molar-refractivity contribution is 5.89. The fourth-order valence-electron chi connectivity index (χ4n) is 1.79. The standard InChI is InChI=1S/C19H16O3/c1-3-14-22-18-7-5-4-6-16(18)11-8-15-9-12-17(13-10-15)19(20)21-2/h3-7,9-10,12-13H,1,14H2,2H3. The van der Waals surface area contributed by atoms with Gasteiger partial charge in [-0.05, 0) is 36.4 Å². The van der Waals surface area contributed by atoms with Crippen LogP contribution in [-0.4, -0.2) is 19.7 Å². The molecule has 2 aromatic carbocycles. The predicted molar refractivity (Wildman–Crippen MR) is 85.9 cm³/mol. The summed E-state index contributed by atoms with van der Waals surface area (Å²) in [6.07, 6.45) is 1.69. The minimum atomic E-state index is -0.359. The van der Waals surface area contributed by atoms with Crippen molar-refractivity contribution in [3.8, 4) is 17.6 Å². The van der Waals surface area contributed by atoms with Crippen LogP contribution in [0.5, 0.6) is 5.75 Å². The number of carbonyl (C=O) groups excluding carboxylic acids is 1. The van der Waals surface area contributed by atoms with Crippen molar-refractivity contribution in [3.05, 3.63) is 77.9 Å². The van der Waals surface area contributed by atoms with Crippen LogP contribution in [0.2, 0.25) is 0 Å². The van der Waals surface area contributed by atoms with Gasteiger partial charge in [-0.3, -0.25) is 0 Å². The summed E-state index contributed by atoms with van der Waals surface area (Å²) in [6.45, 7) is 4.07. The molecule has 22 heavy (non-hydrogen) atoms. The number of esters is 1. The molecule has 0 unspecified atom stereocenters. The summed E-state index contributed by atoms with van der Waals surface area (Å²) in [7, 11) is 1.36. The Bertz CT molecular complexity index is 718. The Labute approximate surface area is 130 Å². The van der Waals surface area contributed by atoms with Crippen molar-refractivity contribution in [3.63, 3.8) is 0 Å². The molecule has 110 valence electrons. The average Bonchev–Trinajstić information content (AvgIpc) is 2.58.